The fourth-order valence-corrected chi connectivity index (χ4v) is 13.5. The van der Waals surface area contributed by atoms with E-state index in [1.165, 1.54) is 12.8 Å². The van der Waals surface area contributed by atoms with E-state index in [-0.39, 0.29) is 5.78 Å². The number of carbonyl (C=O) groups excluding carboxylic acids is 1. The molecule has 1 aromatic heterocycles. The molecule has 4 aromatic rings. The number of fused-ring (bicyclic) bond motifs is 1. The molecule has 222 valence electrons. The Morgan fingerprint density at radius 1 is 0.881 bits per heavy atom. The number of ether oxygens (including phenoxy) is 1. The fourth-order valence-electron chi connectivity index (χ4n) is 7.05. The van der Waals surface area contributed by atoms with Gasteiger partial charge in [-0.1, -0.05) is 71.9 Å². The van der Waals surface area contributed by atoms with Crippen molar-refractivity contribution < 1.29 is 14.0 Å². The molecule has 3 aromatic carbocycles. The lowest BCUT2D eigenvalue weighted by Crippen LogP contribution is -2.50. The number of methoxy groups -OCH3 is 1. The van der Waals surface area contributed by atoms with E-state index in [0.29, 0.717) is 22.2 Å². The van der Waals surface area contributed by atoms with Crippen molar-refractivity contribution in [3.63, 3.8) is 0 Å². The summed E-state index contributed by atoms with van der Waals surface area (Å²) in [6, 6.07) is 22.6. The van der Waals surface area contributed by atoms with E-state index in [1.807, 2.05) is 24.3 Å². The summed E-state index contributed by atoms with van der Waals surface area (Å²) >= 11 is 1.68. The Bertz CT molecular complexity index is 1510. The number of rotatable bonds is 11. The van der Waals surface area contributed by atoms with Gasteiger partial charge in [0.2, 0.25) is 0 Å². The molecule has 0 radical (unpaired) electrons. The van der Waals surface area contributed by atoms with Crippen LogP contribution in [0.2, 0.25) is 16.6 Å². The van der Waals surface area contributed by atoms with Gasteiger partial charge < -0.3 is 9.16 Å². The molecule has 0 bridgehead atoms. The molecule has 2 heterocycles. The molecule has 0 atom stereocenters. The van der Waals surface area contributed by atoms with E-state index in [2.05, 4.69) is 88.9 Å². The molecule has 1 fully saturated rings. The molecule has 0 aliphatic carbocycles. The maximum absolute atomic E-state index is 14.2. The van der Waals surface area contributed by atoms with Crippen LogP contribution in [0.4, 0.5) is 0 Å². The van der Waals surface area contributed by atoms with Crippen LogP contribution < -0.4 is 9.16 Å². The van der Waals surface area contributed by atoms with Crippen molar-refractivity contribution in [3.05, 3.63) is 83.4 Å². The van der Waals surface area contributed by atoms with Crippen LogP contribution in [0.3, 0.4) is 0 Å². The first-order valence-corrected chi connectivity index (χ1v) is 18.4. The van der Waals surface area contributed by atoms with Crippen molar-refractivity contribution in [3.8, 4) is 21.9 Å². The number of carbonyl (C=O) groups is 1. The van der Waals surface area contributed by atoms with Crippen molar-refractivity contribution in [2.45, 2.75) is 77.6 Å². The predicted molar refractivity (Wildman–Crippen MR) is 180 cm³/mol. The summed E-state index contributed by atoms with van der Waals surface area (Å²) < 4.78 is 13.8. The van der Waals surface area contributed by atoms with Gasteiger partial charge in [-0.2, -0.15) is 0 Å². The molecule has 0 saturated carbocycles. The highest BCUT2D eigenvalue weighted by Crippen LogP contribution is 2.44. The Balaban J connectivity index is 1.50. The summed E-state index contributed by atoms with van der Waals surface area (Å²) in [5.41, 5.74) is 5.09. The summed E-state index contributed by atoms with van der Waals surface area (Å²) in [6.07, 6.45) is 2.49. The normalized spacial score (nSPS) is 14.4. The maximum atomic E-state index is 14.2. The Hall–Kier alpha value is -2.93. The van der Waals surface area contributed by atoms with Gasteiger partial charge in [0.15, 0.2) is 5.78 Å². The Morgan fingerprint density at radius 2 is 1.52 bits per heavy atom. The van der Waals surface area contributed by atoms with Crippen LogP contribution in [-0.2, 0) is 6.54 Å². The van der Waals surface area contributed by atoms with Crippen LogP contribution in [-0.4, -0.2) is 39.2 Å². The van der Waals surface area contributed by atoms with Gasteiger partial charge in [0.05, 0.1) is 7.11 Å². The van der Waals surface area contributed by atoms with Crippen LogP contribution in [0.15, 0.2) is 66.7 Å². The highest BCUT2D eigenvalue weighted by Gasteiger charge is 2.47. The lowest BCUT2D eigenvalue weighted by atomic mass is 9.96. The number of likely N-dealkylation sites (tertiary alicyclic amines) is 1. The zero-order valence-electron chi connectivity index (χ0n) is 26.2. The number of hydrogen-bond acceptors (Lipinski definition) is 5. The Morgan fingerprint density at radius 3 is 2.14 bits per heavy atom. The molecule has 6 heteroatoms. The average Bonchev–Trinajstić information content (AvgIpc) is 3.63. The van der Waals surface area contributed by atoms with Crippen LogP contribution in [0.1, 0.15) is 75.9 Å². The van der Waals surface area contributed by atoms with Gasteiger partial charge >= 0.3 is 0 Å². The van der Waals surface area contributed by atoms with Crippen LogP contribution in [0.25, 0.3) is 20.5 Å². The Labute approximate surface area is 256 Å². The second kappa shape index (κ2) is 12.7. The fraction of sp³-hybridized carbons (Fsp3) is 0.417. The molecular weight excluding hydrogens is 555 g/mol. The van der Waals surface area contributed by atoms with Crippen LogP contribution in [0, 0.1) is 0 Å². The minimum absolute atomic E-state index is 0.0275. The SMILES string of the molecule is COc1cc(C(=O)c2c(-c3ccc(O[Si](C(C)C)(C(C)C)C(C)C)cc3)sc3ccccc23)ccc1CN1CCCC1. The van der Waals surface area contributed by atoms with Gasteiger partial charge in [0.1, 0.15) is 11.5 Å². The van der Waals surface area contributed by atoms with Gasteiger partial charge in [-0.25, -0.2) is 0 Å². The number of benzene rings is 3. The molecule has 0 unspecified atom stereocenters. The van der Waals surface area contributed by atoms with Crippen molar-refractivity contribution in [2.24, 2.45) is 0 Å². The third kappa shape index (κ3) is 5.81. The molecule has 1 aliphatic heterocycles. The highest BCUT2D eigenvalue weighted by atomic mass is 32.1. The minimum Gasteiger partial charge on any atom is -0.543 e. The molecule has 0 amide bonds. The van der Waals surface area contributed by atoms with E-state index in [4.69, 9.17) is 9.16 Å². The van der Waals surface area contributed by atoms with Crippen molar-refractivity contribution >= 4 is 35.5 Å². The van der Waals surface area contributed by atoms with Crippen molar-refractivity contribution in [2.75, 3.05) is 20.2 Å². The van der Waals surface area contributed by atoms with E-state index >= 15 is 0 Å². The topological polar surface area (TPSA) is 38.8 Å². The Kier molecular flexibility index (Phi) is 9.26. The number of nitrogens with zero attached hydrogens (tertiary/aromatic N) is 1. The largest absolute Gasteiger partial charge is 0.543 e. The molecule has 1 saturated heterocycles. The van der Waals surface area contributed by atoms with Crippen molar-refractivity contribution in [1.82, 2.24) is 4.90 Å². The minimum atomic E-state index is -2.06. The van der Waals surface area contributed by atoms with Crippen LogP contribution in [0.5, 0.6) is 11.5 Å². The molecule has 1 aliphatic rings. The highest BCUT2D eigenvalue weighted by molar-refractivity contribution is 7.22. The third-order valence-corrected chi connectivity index (χ3v) is 16.3. The summed E-state index contributed by atoms with van der Waals surface area (Å²) in [7, 11) is -0.361. The first-order valence-electron chi connectivity index (χ1n) is 15.4. The first-order chi connectivity index (χ1) is 20.1. The van der Waals surface area contributed by atoms with Gasteiger partial charge in [-0.15, -0.1) is 11.3 Å². The van der Waals surface area contributed by atoms with Crippen LogP contribution >= 0.6 is 11.3 Å². The monoisotopic (exact) mass is 599 g/mol. The predicted octanol–water partition coefficient (Wildman–Crippen LogP) is 9.96. The number of ketones is 1. The second-order valence-electron chi connectivity index (χ2n) is 12.6. The average molecular weight is 600 g/mol. The third-order valence-electron chi connectivity index (χ3n) is 9.08. The van der Waals surface area contributed by atoms with E-state index in [1.54, 1.807) is 18.4 Å². The van der Waals surface area contributed by atoms with Gasteiger partial charge in [-0.3, -0.25) is 9.69 Å². The summed E-state index contributed by atoms with van der Waals surface area (Å²) in [6.45, 7) is 16.9. The standard InChI is InChI=1S/C36H45NO3SSi/c1-24(2)42(25(3)4,26(5)6)40-30-18-16-27(17-19-30)36-34(31-12-8-9-13-33(31)41-36)35(38)28-14-15-29(32(22-28)39-7)23-37-20-10-11-21-37/h8-9,12-19,22,24-26H,10-11,20-21,23H2,1-7H3. The van der Waals surface area contributed by atoms with E-state index < -0.39 is 8.32 Å². The molecule has 5 rings (SSSR count). The smallest absolute Gasteiger partial charge is 0.258 e. The van der Waals surface area contributed by atoms with E-state index in [0.717, 1.165) is 62.8 Å². The van der Waals surface area contributed by atoms with Gasteiger partial charge in [0, 0.05) is 38.2 Å². The molecule has 0 N–H and O–H groups in total. The first kappa shape index (κ1) is 30.5. The van der Waals surface area contributed by atoms with E-state index in [9.17, 15) is 4.79 Å². The molecule has 4 nitrogen and oxygen atoms in total. The molecule has 42 heavy (non-hydrogen) atoms. The second-order valence-corrected chi connectivity index (χ2v) is 19.0. The lowest BCUT2D eigenvalue weighted by Gasteiger charge is -2.42. The zero-order valence-corrected chi connectivity index (χ0v) is 28.0. The zero-order chi connectivity index (χ0) is 30.0. The summed E-state index contributed by atoms with van der Waals surface area (Å²) in [4.78, 5) is 17.7. The van der Waals surface area contributed by atoms with Gasteiger partial charge in [0.25, 0.3) is 8.32 Å². The van der Waals surface area contributed by atoms with Crippen molar-refractivity contribution in [1.29, 1.82) is 0 Å². The summed E-state index contributed by atoms with van der Waals surface area (Å²) in [5, 5.41) is 0.994. The summed E-state index contributed by atoms with van der Waals surface area (Å²) in [5.74, 6) is 1.73. The number of thiophene rings is 1. The molecular formula is C36H45NO3SSi. The number of hydrogen-bond donors (Lipinski definition) is 0. The maximum Gasteiger partial charge on any atom is 0.258 e. The molecule has 0 spiro atoms. The van der Waals surface area contributed by atoms with Gasteiger partial charge in [-0.05, 0) is 84.5 Å². The quantitative estimate of drug-likeness (QED) is 0.127. The lowest BCUT2D eigenvalue weighted by molar-refractivity contribution is 0.104.